The smallest absolute Gasteiger partial charge is 0.305 e. The summed E-state index contributed by atoms with van der Waals surface area (Å²) in [5.74, 6) is -0.106. The fraction of sp³-hybridized carbons (Fsp3) is 0.850. The summed E-state index contributed by atoms with van der Waals surface area (Å²) in [5.41, 5.74) is 0. The van der Waals surface area contributed by atoms with Crippen molar-refractivity contribution in [1.29, 1.82) is 0 Å². The lowest BCUT2D eigenvalue weighted by Crippen LogP contribution is -2.48. The Labute approximate surface area is 285 Å². The van der Waals surface area contributed by atoms with Crippen LogP contribution in [0.3, 0.4) is 0 Å². The number of carbonyl (C=O) groups is 2. The molecule has 0 radical (unpaired) electrons. The number of unbranched alkanes of at least 4 members (excludes halogenated alkanes) is 18. The fourth-order valence-corrected chi connectivity index (χ4v) is 5.93. The molecule has 1 aliphatic rings. The Bertz CT molecular complexity index is 684. The van der Waals surface area contributed by atoms with Crippen LogP contribution in [0.15, 0.2) is 24.3 Å². The molecule has 0 atom stereocenters. The van der Waals surface area contributed by atoms with Crippen molar-refractivity contribution in [2.24, 2.45) is 0 Å². The van der Waals surface area contributed by atoms with Crippen LogP contribution >= 0.6 is 0 Å². The van der Waals surface area contributed by atoms with Crippen molar-refractivity contribution in [2.75, 3.05) is 52.5 Å². The molecule has 0 aromatic rings. The molecule has 1 fully saturated rings. The Kier molecular flexibility index (Phi) is 30.6. The van der Waals surface area contributed by atoms with Gasteiger partial charge in [0.2, 0.25) is 0 Å². The van der Waals surface area contributed by atoms with E-state index in [2.05, 4.69) is 48.0 Å². The Morgan fingerprint density at radius 2 is 0.761 bits per heavy atom. The summed E-state index contributed by atoms with van der Waals surface area (Å²) in [6.45, 7) is 11.0. The molecule has 0 spiro atoms. The number of esters is 2. The van der Waals surface area contributed by atoms with Gasteiger partial charge in [-0.2, -0.15) is 0 Å². The van der Waals surface area contributed by atoms with Crippen LogP contribution < -0.4 is 0 Å². The zero-order valence-corrected chi connectivity index (χ0v) is 30.5. The number of ether oxygens (including phenoxy) is 2. The van der Waals surface area contributed by atoms with Crippen molar-refractivity contribution < 1.29 is 19.1 Å². The molecular weight excluding hydrogens is 572 g/mol. The lowest BCUT2D eigenvalue weighted by Gasteiger charge is -2.34. The van der Waals surface area contributed by atoms with E-state index in [1.807, 2.05) is 0 Å². The average Bonchev–Trinajstić information content (AvgIpc) is 3.06. The van der Waals surface area contributed by atoms with E-state index in [4.69, 9.17) is 9.47 Å². The molecule has 1 rings (SSSR count). The summed E-state index contributed by atoms with van der Waals surface area (Å²) >= 11 is 0. The quantitative estimate of drug-likeness (QED) is 0.0412. The SMILES string of the molecule is CCCCCC/C=C\CCCCCCCC(=O)OCCN1CCN(CCOC(=O)CCCCCCC/C=C/CCCCCC)CC1. The molecule has 0 saturated carbocycles. The third-order valence-electron chi connectivity index (χ3n) is 9.09. The van der Waals surface area contributed by atoms with Gasteiger partial charge in [0.1, 0.15) is 13.2 Å². The zero-order valence-electron chi connectivity index (χ0n) is 30.5. The second-order valence-corrected chi connectivity index (χ2v) is 13.4. The van der Waals surface area contributed by atoms with E-state index >= 15 is 0 Å². The van der Waals surface area contributed by atoms with Crippen molar-refractivity contribution >= 4 is 11.9 Å². The number of hydrogen-bond donors (Lipinski definition) is 0. The highest BCUT2D eigenvalue weighted by atomic mass is 16.5. The van der Waals surface area contributed by atoms with Gasteiger partial charge in [0, 0.05) is 52.1 Å². The van der Waals surface area contributed by atoms with Crippen molar-refractivity contribution in [2.45, 2.75) is 168 Å². The second-order valence-electron chi connectivity index (χ2n) is 13.4. The number of rotatable bonds is 32. The van der Waals surface area contributed by atoms with E-state index in [9.17, 15) is 9.59 Å². The van der Waals surface area contributed by atoms with E-state index in [0.717, 1.165) is 65.0 Å². The first-order valence-electron chi connectivity index (χ1n) is 19.7. The van der Waals surface area contributed by atoms with Gasteiger partial charge in [-0.1, -0.05) is 115 Å². The standard InChI is InChI=1S/C40H74N2O4/c1-3-5-7-9-11-13-15-17-19-21-23-25-27-29-39(43)45-37-35-41-31-33-42(34-32-41)36-38-46-40(44)30-28-26-24-22-20-18-16-14-12-10-8-6-4-2/h13-16H,3-12,17-38H2,1-2H3/b15-13-,16-14+. The molecule has 46 heavy (non-hydrogen) atoms. The van der Waals surface area contributed by atoms with Gasteiger partial charge < -0.3 is 9.47 Å². The molecule has 0 unspecified atom stereocenters. The maximum absolute atomic E-state index is 12.1. The highest BCUT2D eigenvalue weighted by Crippen LogP contribution is 2.11. The van der Waals surface area contributed by atoms with E-state index in [-0.39, 0.29) is 11.9 Å². The summed E-state index contributed by atoms with van der Waals surface area (Å²) in [5, 5.41) is 0. The average molecular weight is 647 g/mol. The maximum atomic E-state index is 12.1. The second kappa shape index (κ2) is 33.2. The Hall–Kier alpha value is -1.66. The molecule has 1 heterocycles. The van der Waals surface area contributed by atoms with Gasteiger partial charge in [-0.3, -0.25) is 19.4 Å². The van der Waals surface area contributed by atoms with E-state index in [1.54, 1.807) is 0 Å². The predicted molar refractivity (Wildman–Crippen MR) is 195 cm³/mol. The van der Waals surface area contributed by atoms with Gasteiger partial charge in [0.25, 0.3) is 0 Å². The summed E-state index contributed by atoms with van der Waals surface area (Å²) in [4.78, 5) is 28.9. The molecule has 6 nitrogen and oxygen atoms in total. The van der Waals surface area contributed by atoms with Crippen molar-refractivity contribution in [3.63, 3.8) is 0 Å². The molecule has 0 N–H and O–H groups in total. The van der Waals surface area contributed by atoms with Crippen LogP contribution in [0.4, 0.5) is 0 Å². The van der Waals surface area contributed by atoms with E-state index < -0.39 is 0 Å². The number of allylic oxidation sites excluding steroid dienone is 4. The summed E-state index contributed by atoms with van der Waals surface area (Å²) < 4.78 is 11.0. The highest BCUT2D eigenvalue weighted by Gasteiger charge is 2.17. The van der Waals surface area contributed by atoms with Crippen LogP contribution in [-0.2, 0) is 19.1 Å². The lowest BCUT2D eigenvalue weighted by atomic mass is 10.1. The Morgan fingerprint density at radius 3 is 1.11 bits per heavy atom. The molecule has 1 aliphatic heterocycles. The minimum Gasteiger partial charge on any atom is -0.464 e. The molecule has 0 aliphatic carbocycles. The molecule has 6 heteroatoms. The fourth-order valence-electron chi connectivity index (χ4n) is 5.93. The molecule has 0 amide bonds. The Morgan fingerprint density at radius 1 is 0.457 bits per heavy atom. The number of nitrogens with zero attached hydrogens (tertiary/aromatic N) is 2. The Balaban J connectivity index is 1.86. The third kappa shape index (κ3) is 28.6. The van der Waals surface area contributed by atoms with Crippen molar-refractivity contribution in [3.05, 3.63) is 24.3 Å². The minimum atomic E-state index is -0.0531. The number of carbonyl (C=O) groups excluding carboxylic acids is 2. The van der Waals surface area contributed by atoms with Gasteiger partial charge >= 0.3 is 11.9 Å². The topological polar surface area (TPSA) is 59.1 Å². The van der Waals surface area contributed by atoms with E-state index in [1.165, 1.54) is 116 Å². The first-order valence-corrected chi connectivity index (χ1v) is 19.7. The molecule has 0 aromatic carbocycles. The summed E-state index contributed by atoms with van der Waals surface area (Å²) in [6.07, 6.45) is 37.6. The first kappa shape index (κ1) is 42.4. The number of piperazine rings is 1. The van der Waals surface area contributed by atoms with Crippen LogP contribution in [-0.4, -0.2) is 74.2 Å². The van der Waals surface area contributed by atoms with Crippen LogP contribution in [0, 0.1) is 0 Å². The van der Waals surface area contributed by atoms with Gasteiger partial charge in [0.15, 0.2) is 0 Å². The van der Waals surface area contributed by atoms with Gasteiger partial charge in [-0.05, 0) is 64.2 Å². The van der Waals surface area contributed by atoms with Crippen molar-refractivity contribution in [1.82, 2.24) is 9.80 Å². The molecule has 1 saturated heterocycles. The predicted octanol–water partition coefficient (Wildman–Crippen LogP) is 10.2. The van der Waals surface area contributed by atoms with E-state index in [0.29, 0.717) is 26.1 Å². The van der Waals surface area contributed by atoms with Gasteiger partial charge in [-0.25, -0.2) is 0 Å². The van der Waals surface area contributed by atoms with Gasteiger partial charge in [0.05, 0.1) is 0 Å². The first-order chi connectivity index (χ1) is 22.7. The lowest BCUT2D eigenvalue weighted by molar-refractivity contribution is -0.145. The maximum Gasteiger partial charge on any atom is 0.305 e. The minimum absolute atomic E-state index is 0.0531. The highest BCUT2D eigenvalue weighted by molar-refractivity contribution is 5.69. The summed E-state index contributed by atoms with van der Waals surface area (Å²) in [7, 11) is 0. The van der Waals surface area contributed by atoms with Gasteiger partial charge in [-0.15, -0.1) is 0 Å². The third-order valence-corrected chi connectivity index (χ3v) is 9.09. The van der Waals surface area contributed by atoms with Crippen LogP contribution in [0.1, 0.15) is 168 Å². The van der Waals surface area contributed by atoms with Crippen LogP contribution in [0.5, 0.6) is 0 Å². The molecular formula is C40H74N2O4. The normalized spacial score (nSPS) is 14.5. The van der Waals surface area contributed by atoms with Crippen molar-refractivity contribution in [3.8, 4) is 0 Å². The molecule has 268 valence electrons. The van der Waals surface area contributed by atoms with Crippen LogP contribution in [0.25, 0.3) is 0 Å². The largest absolute Gasteiger partial charge is 0.464 e. The number of hydrogen-bond acceptors (Lipinski definition) is 6. The monoisotopic (exact) mass is 647 g/mol. The molecule has 0 bridgehead atoms. The zero-order chi connectivity index (χ0) is 33.2. The van der Waals surface area contributed by atoms with Crippen LogP contribution in [0.2, 0.25) is 0 Å². The molecule has 0 aromatic heterocycles. The summed E-state index contributed by atoms with van der Waals surface area (Å²) in [6, 6.07) is 0.